The minimum atomic E-state index is -0.187. The van der Waals surface area contributed by atoms with Crippen LogP contribution in [0.1, 0.15) is 62.4 Å². The first-order valence-corrected chi connectivity index (χ1v) is 10.2. The highest BCUT2D eigenvalue weighted by Crippen LogP contribution is 2.24. The molecule has 5 heteroatoms. The van der Waals surface area contributed by atoms with Crippen molar-refractivity contribution in [3.8, 4) is 0 Å². The summed E-state index contributed by atoms with van der Waals surface area (Å²) in [5.41, 5.74) is 1.85. The number of rotatable bonds is 4. The van der Waals surface area contributed by atoms with E-state index in [1.165, 1.54) is 31.2 Å². The molecule has 0 atom stereocenters. The lowest BCUT2D eigenvalue weighted by molar-refractivity contribution is -0.132. The molecule has 1 aromatic rings. The van der Waals surface area contributed by atoms with Crippen molar-refractivity contribution in [3.63, 3.8) is 0 Å². The van der Waals surface area contributed by atoms with Crippen LogP contribution in [0.3, 0.4) is 0 Å². The number of carbonyl (C=O) groups excluding carboxylic acids is 2. The van der Waals surface area contributed by atoms with E-state index in [9.17, 15) is 9.59 Å². The van der Waals surface area contributed by atoms with E-state index in [1.807, 2.05) is 29.2 Å². The van der Waals surface area contributed by atoms with Gasteiger partial charge in [-0.05, 0) is 36.0 Å². The Balaban J connectivity index is 1.44. The van der Waals surface area contributed by atoms with Crippen molar-refractivity contribution in [2.75, 3.05) is 32.7 Å². The van der Waals surface area contributed by atoms with Crippen molar-refractivity contribution in [3.05, 3.63) is 35.4 Å². The van der Waals surface area contributed by atoms with E-state index < -0.39 is 0 Å². The molecular weight excluding hydrogens is 338 g/mol. The molecule has 0 aromatic heterocycles. The summed E-state index contributed by atoms with van der Waals surface area (Å²) in [6.07, 6.45) is 5.29. The van der Waals surface area contributed by atoms with E-state index in [0.717, 1.165) is 32.2 Å². The summed E-state index contributed by atoms with van der Waals surface area (Å²) in [5, 5.41) is 2.78. The quantitative estimate of drug-likeness (QED) is 0.885. The molecule has 0 bridgehead atoms. The first kappa shape index (κ1) is 19.9. The van der Waals surface area contributed by atoms with Gasteiger partial charge in [-0.3, -0.25) is 14.5 Å². The summed E-state index contributed by atoms with van der Waals surface area (Å²) in [5.74, 6) is -0.172. The van der Waals surface area contributed by atoms with E-state index in [0.29, 0.717) is 5.56 Å². The predicted octanol–water partition coefficient (Wildman–Crippen LogP) is 2.80. The average molecular weight is 372 g/mol. The summed E-state index contributed by atoms with van der Waals surface area (Å²) < 4.78 is 0. The van der Waals surface area contributed by atoms with Crippen LogP contribution in [0.2, 0.25) is 0 Å². The van der Waals surface area contributed by atoms with Gasteiger partial charge >= 0.3 is 0 Å². The molecule has 0 spiro atoms. The first-order chi connectivity index (χ1) is 12.8. The second-order valence-electron chi connectivity index (χ2n) is 8.87. The maximum absolute atomic E-state index is 12.4. The Morgan fingerprint density at radius 1 is 1.00 bits per heavy atom. The molecule has 5 nitrogen and oxygen atoms in total. The molecule has 1 aromatic carbocycles. The predicted molar refractivity (Wildman–Crippen MR) is 108 cm³/mol. The smallest absolute Gasteiger partial charge is 0.251 e. The summed E-state index contributed by atoms with van der Waals surface area (Å²) in [6.45, 7) is 9.96. The van der Waals surface area contributed by atoms with Gasteiger partial charge in [0.25, 0.3) is 5.91 Å². The highest BCUT2D eigenvalue weighted by molar-refractivity contribution is 5.96. The third kappa shape index (κ3) is 5.10. The highest BCUT2D eigenvalue weighted by atomic mass is 16.2. The number of nitrogens with one attached hydrogen (secondary N) is 1. The fourth-order valence-corrected chi connectivity index (χ4v) is 4.10. The molecule has 1 saturated heterocycles. The van der Waals surface area contributed by atoms with Gasteiger partial charge in [-0.2, -0.15) is 0 Å². The van der Waals surface area contributed by atoms with Gasteiger partial charge in [0.05, 0.1) is 6.54 Å². The Labute approximate surface area is 163 Å². The van der Waals surface area contributed by atoms with Crippen LogP contribution in [0.4, 0.5) is 0 Å². The van der Waals surface area contributed by atoms with Gasteiger partial charge in [0, 0.05) is 37.8 Å². The molecule has 0 unspecified atom stereocenters. The molecule has 2 fully saturated rings. The zero-order chi connectivity index (χ0) is 19.4. The van der Waals surface area contributed by atoms with Crippen LogP contribution in [0.25, 0.3) is 0 Å². The number of carbonyl (C=O) groups is 2. The maximum Gasteiger partial charge on any atom is 0.251 e. The third-order valence-electron chi connectivity index (χ3n) is 5.92. The molecule has 2 aliphatic rings. The molecule has 1 aliphatic heterocycles. The van der Waals surface area contributed by atoms with Crippen molar-refractivity contribution in [2.45, 2.75) is 57.9 Å². The monoisotopic (exact) mass is 371 g/mol. The van der Waals surface area contributed by atoms with Crippen LogP contribution in [-0.2, 0) is 10.2 Å². The van der Waals surface area contributed by atoms with Gasteiger partial charge in [0.15, 0.2) is 0 Å². The topological polar surface area (TPSA) is 52.7 Å². The highest BCUT2D eigenvalue weighted by Gasteiger charge is 2.27. The maximum atomic E-state index is 12.4. The summed E-state index contributed by atoms with van der Waals surface area (Å²) in [6, 6.07) is 8.36. The number of nitrogens with zero attached hydrogens (tertiary/aromatic N) is 2. The SMILES string of the molecule is CC(C)(C)c1ccc(C(=O)NCC(=O)N2CCN(C3CCCC3)CC2)cc1. The van der Waals surface area contributed by atoms with E-state index in [4.69, 9.17) is 0 Å². The number of benzene rings is 1. The van der Waals surface area contributed by atoms with Crippen LogP contribution >= 0.6 is 0 Å². The molecule has 1 heterocycles. The van der Waals surface area contributed by atoms with Gasteiger partial charge in [0.1, 0.15) is 0 Å². The van der Waals surface area contributed by atoms with Crippen LogP contribution in [0, 0.1) is 0 Å². The fraction of sp³-hybridized carbons (Fsp3) is 0.636. The molecule has 148 valence electrons. The van der Waals surface area contributed by atoms with Crippen LogP contribution < -0.4 is 5.32 Å². The van der Waals surface area contributed by atoms with Gasteiger partial charge < -0.3 is 10.2 Å². The van der Waals surface area contributed by atoms with Gasteiger partial charge in [-0.15, -0.1) is 0 Å². The molecule has 0 radical (unpaired) electrons. The van der Waals surface area contributed by atoms with Gasteiger partial charge in [-0.1, -0.05) is 45.7 Å². The molecule has 27 heavy (non-hydrogen) atoms. The average Bonchev–Trinajstić information content (AvgIpc) is 3.20. The Bertz CT molecular complexity index is 649. The Hall–Kier alpha value is -1.88. The molecule has 3 rings (SSSR count). The zero-order valence-electron chi connectivity index (χ0n) is 17.0. The van der Waals surface area contributed by atoms with Gasteiger partial charge in [-0.25, -0.2) is 0 Å². The van der Waals surface area contributed by atoms with Gasteiger partial charge in [0.2, 0.25) is 5.91 Å². The lowest BCUT2D eigenvalue weighted by Gasteiger charge is -2.38. The summed E-state index contributed by atoms with van der Waals surface area (Å²) in [7, 11) is 0. The second kappa shape index (κ2) is 8.42. The van der Waals surface area contributed by atoms with Crippen LogP contribution in [0.5, 0.6) is 0 Å². The van der Waals surface area contributed by atoms with Crippen molar-refractivity contribution in [1.29, 1.82) is 0 Å². The first-order valence-electron chi connectivity index (χ1n) is 10.2. The Morgan fingerprint density at radius 3 is 2.15 bits per heavy atom. The standard InChI is InChI=1S/C22H33N3O2/c1-22(2,3)18-10-8-17(9-11-18)21(27)23-16-20(26)25-14-12-24(13-15-25)19-6-4-5-7-19/h8-11,19H,4-7,12-16H2,1-3H3,(H,23,27). The Morgan fingerprint density at radius 2 is 1.59 bits per heavy atom. The molecule has 1 aliphatic carbocycles. The second-order valence-corrected chi connectivity index (χ2v) is 8.87. The number of piperazine rings is 1. The minimum absolute atomic E-state index is 0.0146. The largest absolute Gasteiger partial charge is 0.343 e. The Kier molecular flexibility index (Phi) is 6.20. The summed E-state index contributed by atoms with van der Waals surface area (Å²) in [4.78, 5) is 29.2. The van der Waals surface area contributed by atoms with Crippen molar-refractivity contribution in [2.24, 2.45) is 0 Å². The van der Waals surface area contributed by atoms with E-state index in [1.54, 1.807) is 0 Å². The van der Waals surface area contributed by atoms with E-state index in [2.05, 4.69) is 31.0 Å². The lowest BCUT2D eigenvalue weighted by atomic mass is 9.87. The molecule has 1 saturated carbocycles. The van der Waals surface area contributed by atoms with E-state index >= 15 is 0 Å². The molecular formula is C22H33N3O2. The van der Waals surface area contributed by atoms with Crippen molar-refractivity contribution >= 4 is 11.8 Å². The number of hydrogen-bond acceptors (Lipinski definition) is 3. The molecule has 2 amide bonds. The van der Waals surface area contributed by atoms with Crippen LogP contribution in [0.15, 0.2) is 24.3 Å². The summed E-state index contributed by atoms with van der Waals surface area (Å²) >= 11 is 0. The van der Waals surface area contributed by atoms with Crippen molar-refractivity contribution < 1.29 is 9.59 Å². The fourth-order valence-electron chi connectivity index (χ4n) is 4.10. The zero-order valence-corrected chi connectivity index (χ0v) is 17.0. The third-order valence-corrected chi connectivity index (χ3v) is 5.92. The number of amides is 2. The normalized spacial score (nSPS) is 19.3. The van der Waals surface area contributed by atoms with E-state index in [-0.39, 0.29) is 23.8 Å². The van der Waals surface area contributed by atoms with Crippen molar-refractivity contribution in [1.82, 2.24) is 15.1 Å². The number of hydrogen-bond donors (Lipinski definition) is 1. The molecule has 1 N–H and O–H groups in total. The van der Waals surface area contributed by atoms with Crippen LogP contribution in [-0.4, -0.2) is 60.4 Å². The minimum Gasteiger partial charge on any atom is -0.343 e. The lowest BCUT2D eigenvalue weighted by Crippen LogP contribution is -2.53.